The van der Waals surface area contributed by atoms with Crippen LogP contribution in [0.15, 0.2) is 24.3 Å². The van der Waals surface area contributed by atoms with Crippen LogP contribution >= 0.6 is 0 Å². The van der Waals surface area contributed by atoms with Crippen molar-refractivity contribution in [2.24, 2.45) is 0 Å². The van der Waals surface area contributed by atoms with Crippen molar-refractivity contribution in [1.82, 2.24) is 10.2 Å². The molecule has 2 fully saturated rings. The third kappa shape index (κ3) is 2.33. The van der Waals surface area contributed by atoms with E-state index in [0.717, 1.165) is 31.2 Å². The fraction of sp³-hybridized carbons (Fsp3) is 0.529. The molecule has 112 valence electrons. The van der Waals surface area contributed by atoms with Crippen LogP contribution in [0.2, 0.25) is 0 Å². The van der Waals surface area contributed by atoms with Crippen molar-refractivity contribution < 1.29 is 9.59 Å². The summed E-state index contributed by atoms with van der Waals surface area (Å²) in [6.07, 6.45) is 3.59. The Bertz CT molecular complexity index is 559. The quantitative estimate of drug-likeness (QED) is 0.905. The highest BCUT2D eigenvalue weighted by Gasteiger charge is 2.52. The molecule has 1 aliphatic heterocycles. The number of rotatable bonds is 2. The van der Waals surface area contributed by atoms with E-state index >= 15 is 0 Å². The smallest absolute Gasteiger partial charge is 0.246 e. The van der Waals surface area contributed by atoms with Crippen LogP contribution in [-0.2, 0) is 16.1 Å². The molecule has 4 nitrogen and oxygen atoms in total. The van der Waals surface area contributed by atoms with Gasteiger partial charge < -0.3 is 10.2 Å². The standard InChI is InChI=1S/C17H22N2O2/c1-12-5-7-14(8-6-12)11-19-15(20)13(2)18-16(21)17(19)9-3-4-10-17/h5-8,13H,3-4,9-11H2,1-2H3,(H,18,21). The zero-order chi connectivity index (χ0) is 15.0. The second-order valence-electron chi connectivity index (χ2n) is 6.34. The highest BCUT2D eigenvalue weighted by molar-refractivity contribution is 5.99. The predicted molar refractivity (Wildman–Crippen MR) is 80.5 cm³/mol. The summed E-state index contributed by atoms with van der Waals surface area (Å²) in [4.78, 5) is 27.0. The number of carbonyl (C=O) groups is 2. The van der Waals surface area contributed by atoms with Crippen molar-refractivity contribution in [2.75, 3.05) is 0 Å². The summed E-state index contributed by atoms with van der Waals surface area (Å²) in [5.41, 5.74) is 1.67. The lowest BCUT2D eigenvalue weighted by Gasteiger charge is -2.45. The van der Waals surface area contributed by atoms with Crippen LogP contribution in [-0.4, -0.2) is 28.3 Å². The Kier molecular flexibility index (Phi) is 3.47. The van der Waals surface area contributed by atoms with Gasteiger partial charge in [-0.15, -0.1) is 0 Å². The normalized spacial score (nSPS) is 24.5. The molecule has 1 aliphatic carbocycles. The van der Waals surface area contributed by atoms with Gasteiger partial charge in [0.15, 0.2) is 0 Å². The van der Waals surface area contributed by atoms with Crippen molar-refractivity contribution in [3.05, 3.63) is 35.4 Å². The molecule has 0 radical (unpaired) electrons. The largest absolute Gasteiger partial charge is 0.343 e. The number of aryl methyl sites for hydroxylation is 1. The molecule has 0 aromatic heterocycles. The Morgan fingerprint density at radius 1 is 1.19 bits per heavy atom. The average molecular weight is 286 g/mol. The summed E-state index contributed by atoms with van der Waals surface area (Å²) in [6.45, 7) is 4.34. The lowest BCUT2D eigenvalue weighted by Crippen LogP contribution is -2.68. The summed E-state index contributed by atoms with van der Waals surface area (Å²) in [5, 5.41) is 2.86. The number of amides is 2. The maximum atomic E-state index is 12.6. The molecule has 0 bridgehead atoms. The summed E-state index contributed by atoms with van der Waals surface area (Å²) < 4.78 is 0. The molecule has 1 saturated heterocycles. The van der Waals surface area contributed by atoms with E-state index in [1.165, 1.54) is 5.56 Å². The van der Waals surface area contributed by atoms with E-state index in [2.05, 4.69) is 17.4 Å². The SMILES string of the molecule is Cc1ccc(CN2C(=O)C(C)NC(=O)C23CCCC3)cc1. The third-order valence-corrected chi connectivity index (χ3v) is 4.82. The fourth-order valence-electron chi connectivity index (χ4n) is 3.52. The van der Waals surface area contributed by atoms with Crippen LogP contribution in [0.1, 0.15) is 43.7 Å². The molecule has 2 amide bonds. The van der Waals surface area contributed by atoms with Crippen molar-refractivity contribution in [3.8, 4) is 0 Å². The number of carbonyl (C=O) groups excluding carboxylic acids is 2. The van der Waals surface area contributed by atoms with E-state index in [-0.39, 0.29) is 11.8 Å². The molecule has 3 rings (SSSR count). The van der Waals surface area contributed by atoms with Gasteiger partial charge in [0.25, 0.3) is 0 Å². The van der Waals surface area contributed by atoms with Gasteiger partial charge in [0.1, 0.15) is 11.6 Å². The second-order valence-corrected chi connectivity index (χ2v) is 6.34. The minimum absolute atomic E-state index is 0.0270. The molecule has 1 spiro atoms. The summed E-state index contributed by atoms with van der Waals surface area (Å²) in [7, 11) is 0. The van der Waals surface area contributed by atoms with Crippen molar-refractivity contribution in [1.29, 1.82) is 0 Å². The summed E-state index contributed by atoms with van der Waals surface area (Å²) >= 11 is 0. The highest BCUT2D eigenvalue weighted by Crippen LogP contribution is 2.39. The lowest BCUT2D eigenvalue weighted by atomic mass is 9.89. The van der Waals surface area contributed by atoms with Gasteiger partial charge in [-0.2, -0.15) is 0 Å². The van der Waals surface area contributed by atoms with Gasteiger partial charge in [0, 0.05) is 6.54 Å². The molecule has 1 unspecified atom stereocenters. The molecular formula is C17H22N2O2. The zero-order valence-electron chi connectivity index (χ0n) is 12.7. The van der Waals surface area contributed by atoms with Crippen LogP contribution in [0.5, 0.6) is 0 Å². The van der Waals surface area contributed by atoms with Gasteiger partial charge in [-0.3, -0.25) is 9.59 Å². The van der Waals surface area contributed by atoms with Crippen LogP contribution in [0.3, 0.4) is 0 Å². The molecule has 1 aromatic carbocycles. The van der Waals surface area contributed by atoms with Crippen LogP contribution in [0, 0.1) is 6.92 Å². The number of nitrogens with zero attached hydrogens (tertiary/aromatic N) is 1. The summed E-state index contributed by atoms with van der Waals surface area (Å²) in [6, 6.07) is 7.77. The van der Waals surface area contributed by atoms with Gasteiger partial charge in [-0.25, -0.2) is 0 Å². The van der Waals surface area contributed by atoms with Gasteiger partial charge in [0.05, 0.1) is 0 Å². The first-order chi connectivity index (χ1) is 10.0. The predicted octanol–water partition coefficient (Wildman–Crippen LogP) is 2.15. The molecule has 4 heteroatoms. The highest BCUT2D eigenvalue weighted by atomic mass is 16.2. The van der Waals surface area contributed by atoms with Gasteiger partial charge in [-0.1, -0.05) is 42.7 Å². The fourth-order valence-corrected chi connectivity index (χ4v) is 3.52. The topological polar surface area (TPSA) is 49.4 Å². The molecule has 1 N–H and O–H groups in total. The van der Waals surface area contributed by atoms with Crippen LogP contribution in [0.4, 0.5) is 0 Å². The summed E-state index contributed by atoms with van der Waals surface area (Å²) in [5.74, 6) is 0.0660. The third-order valence-electron chi connectivity index (χ3n) is 4.82. The second kappa shape index (κ2) is 5.17. The minimum atomic E-state index is -0.617. The number of benzene rings is 1. The van der Waals surface area contributed by atoms with Crippen molar-refractivity contribution >= 4 is 11.8 Å². The first-order valence-electron chi connectivity index (χ1n) is 7.71. The van der Waals surface area contributed by atoms with E-state index in [0.29, 0.717) is 6.54 Å². The Morgan fingerprint density at radius 2 is 1.81 bits per heavy atom. The maximum Gasteiger partial charge on any atom is 0.246 e. The van der Waals surface area contributed by atoms with Gasteiger partial charge >= 0.3 is 0 Å². The van der Waals surface area contributed by atoms with Gasteiger partial charge in [-0.05, 0) is 32.3 Å². The number of hydrogen-bond donors (Lipinski definition) is 1. The molecule has 1 aromatic rings. The first-order valence-corrected chi connectivity index (χ1v) is 7.71. The number of piperazine rings is 1. The van der Waals surface area contributed by atoms with E-state index in [1.807, 2.05) is 24.0 Å². The Morgan fingerprint density at radius 3 is 2.43 bits per heavy atom. The molecule has 1 saturated carbocycles. The lowest BCUT2D eigenvalue weighted by molar-refractivity contribution is -0.157. The molecule has 1 atom stereocenters. The Hall–Kier alpha value is -1.84. The average Bonchev–Trinajstić information content (AvgIpc) is 2.95. The maximum absolute atomic E-state index is 12.6. The first kappa shape index (κ1) is 14.1. The zero-order valence-corrected chi connectivity index (χ0v) is 12.7. The Balaban J connectivity index is 1.92. The van der Waals surface area contributed by atoms with E-state index in [1.54, 1.807) is 6.92 Å². The molecular weight excluding hydrogens is 264 g/mol. The van der Waals surface area contributed by atoms with Gasteiger partial charge in [0.2, 0.25) is 11.8 Å². The van der Waals surface area contributed by atoms with E-state index < -0.39 is 11.6 Å². The van der Waals surface area contributed by atoms with Crippen LogP contribution < -0.4 is 5.32 Å². The van der Waals surface area contributed by atoms with Crippen LogP contribution in [0.25, 0.3) is 0 Å². The number of hydrogen-bond acceptors (Lipinski definition) is 2. The molecule has 21 heavy (non-hydrogen) atoms. The van der Waals surface area contributed by atoms with E-state index in [4.69, 9.17) is 0 Å². The monoisotopic (exact) mass is 286 g/mol. The molecule has 2 aliphatic rings. The van der Waals surface area contributed by atoms with Crippen molar-refractivity contribution in [2.45, 2.75) is 57.7 Å². The van der Waals surface area contributed by atoms with E-state index in [9.17, 15) is 9.59 Å². The Labute approximate surface area is 125 Å². The van der Waals surface area contributed by atoms with Crippen molar-refractivity contribution in [3.63, 3.8) is 0 Å². The molecule has 1 heterocycles. The minimum Gasteiger partial charge on any atom is -0.343 e. The number of nitrogens with one attached hydrogen (secondary N) is 1.